The molecule has 8 heteroatoms. The van der Waals surface area contributed by atoms with Crippen molar-refractivity contribution in [1.82, 2.24) is 9.97 Å². The lowest BCUT2D eigenvalue weighted by Crippen LogP contribution is -2.17. The Balaban J connectivity index is 3.48. The second-order valence-corrected chi connectivity index (χ2v) is 1.95. The van der Waals surface area contributed by atoms with Gasteiger partial charge in [0.05, 0.1) is 4.92 Å². The predicted octanol–water partition coefficient (Wildman–Crippen LogP) is -1.16. The van der Waals surface area contributed by atoms with Gasteiger partial charge in [-0.05, 0) is 0 Å². The lowest BCUT2D eigenvalue weighted by molar-refractivity contribution is -0.383. The molecule has 1 aromatic rings. The largest absolute Gasteiger partial charge is 0.379 e. The standard InChI is InChI=1S/C4H5N5O3/c5-2-1(9(11)12)3(6)8-4(10)7-2/h(H5,5,6,7,8,10). The molecular formula is C4H5N5O3. The van der Waals surface area contributed by atoms with E-state index in [4.69, 9.17) is 11.5 Å². The Labute approximate surface area is 65.4 Å². The topological polar surface area (TPSA) is 141 Å². The number of nitro groups is 1. The number of nitrogens with zero attached hydrogens (tertiary/aromatic N) is 2. The van der Waals surface area contributed by atoms with Crippen molar-refractivity contribution in [3.8, 4) is 0 Å². The van der Waals surface area contributed by atoms with Gasteiger partial charge in [-0.2, -0.15) is 4.98 Å². The highest BCUT2D eigenvalue weighted by Crippen LogP contribution is 2.21. The molecule has 0 radical (unpaired) electrons. The number of rotatable bonds is 1. The summed E-state index contributed by atoms with van der Waals surface area (Å²) in [5.41, 5.74) is 8.79. The van der Waals surface area contributed by atoms with Crippen molar-refractivity contribution in [3.05, 3.63) is 20.6 Å². The summed E-state index contributed by atoms with van der Waals surface area (Å²) >= 11 is 0. The van der Waals surface area contributed by atoms with Crippen LogP contribution >= 0.6 is 0 Å². The monoisotopic (exact) mass is 171 g/mol. The Morgan fingerprint density at radius 2 is 2.08 bits per heavy atom. The first-order valence-corrected chi connectivity index (χ1v) is 2.82. The van der Waals surface area contributed by atoms with Gasteiger partial charge in [-0.1, -0.05) is 0 Å². The van der Waals surface area contributed by atoms with Crippen molar-refractivity contribution < 1.29 is 4.92 Å². The molecule has 0 aliphatic rings. The van der Waals surface area contributed by atoms with E-state index >= 15 is 0 Å². The summed E-state index contributed by atoms with van der Waals surface area (Å²) in [4.78, 5) is 25.0. The number of H-pyrrole nitrogens is 1. The van der Waals surface area contributed by atoms with Crippen LogP contribution in [0.3, 0.4) is 0 Å². The van der Waals surface area contributed by atoms with E-state index in [0.29, 0.717) is 0 Å². The zero-order valence-corrected chi connectivity index (χ0v) is 5.77. The lowest BCUT2D eigenvalue weighted by Gasteiger charge is -1.96. The number of aromatic amines is 1. The fourth-order valence-corrected chi connectivity index (χ4v) is 0.695. The Bertz CT molecular complexity index is 357. The second-order valence-electron chi connectivity index (χ2n) is 1.95. The number of hydrogen-bond donors (Lipinski definition) is 3. The summed E-state index contributed by atoms with van der Waals surface area (Å²) in [7, 11) is 0. The molecule has 0 amide bonds. The van der Waals surface area contributed by atoms with Crippen LogP contribution in [0.25, 0.3) is 0 Å². The van der Waals surface area contributed by atoms with Gasteiger partial charge in [0.1, 0.15) is 0 Å². The highest BCUT2D eigenvalue weighted by atomic mass is 16.6. The number of nitrogens with one attached hydrogen (secondary N) is 1. The zero-order chi connectivity index (χ0) is 9.30. The fraction of sp³-hybridized carbons (Fsp3) is 0. The van der Waals surface area contributed by atoms with E-state index in [0.717, 1.165) is 0 Å². The molecule has 0 aliphatic heterocycles. The molecule has 0 saturated carbocycles. The van der Waals surface area contributed by atoms with Gasteiger partial charge in [-0.15, -0.1) is 0 Å². The molecule has 0 aromatic carbocycles. The van der Waals surface area contributed by atoms with E-state index < -0.39 is 27.9 Å². The highest BCUT2D eigenvalue weighted by molar-refractivity contribution is 5.64. The maximum absolute atomic E-state index is 10.5. The van der Waals surface area contributed by atoms with Crippen molar-refractivity contribution in [2.75, 3.05) is 11.5 Å². The predicted molar refractivity (Wildman–Crippen MR) is 40.3 cm³/mol. The maximum atomic E-state index is 10.5. The highest BCUT2D eigenvalue weighted by Gasteiger charge is 2.18. The van der Waals surface area contributed by atoms with Crippen molar-refractivity contribution >= 4 is 17.3 Å². The molecule has 1 rings (SSSR count). The van der Waals surface area contributed by atoms with Crippen molar-refractivity contribution in [2.24, 2.45) is 0 Å². The summed E-state index contributed by atoms with van der Waals surface area (Å²) in [6, 6.07) is 0. The Morgan fingerprint density at radius 1 is 1.50 bits per heavy atom. The van der Waals surface area contributed by atoms with Gasteiger partial charge in [0.15, 0.2) is 5.82 Å². The number of aromatic nitrogens is 2. The summed E-state index contributed by atoms with van der Waals surface area (Å²) in [5, 5.41) is 10.2. The molecule has 0 spiro atoms. The third kappa shape index (κ3) is 1.17. The molecule has 0 unspecified atom stereocenters. The van der Waals surface area contributed by atoms with E-state index in [1.807, 2.05) is 4.98 Å². The molecule has 64 valence electrons. The summed E-state index contributed by atoms with van der Waals surface area (Å²) in [6.07, 6.45) is 0. The molecule has 0 aliphatic carbocycles. The van der Waals surface area contributed by atoms with Crippen LogP contribution in [0, 0.1) is 10.1 Å². The third-order valence-corrected chi connectivity index (χ3v) is 1.14. The summed E-state index contributed by atoms with van der Waals surface area (Å²) in [6.45, 7) is 0. The SMILES string of the molecule is Nc1nc(=O)[nH]c(N)c1[N+](=O)[O-]. The number of anilines is 2. The van der Waals surface area contributed by atoms with Crippen molar-refractivity contribution in [3.63, 3.8) is 0 Å². The van der Waals surface area contributed by atoms with Crippen LogP contribution < -0.4 is 17.2 Å². The Morgan fingerprint density at radius 3 is 2.50 bits per heavy atom. The number of nitrogen functional groups attached to an aromatic ring is 2. The van der Waals surface area contributed by atoms with Gasteiger partial charge in [0, 0.05) is 0 Å². The average molecular weight is 171 g/mol. The molecule has 1 aromatic heterocycles. The first-order valence-electron chi connectivity index (χ1n) is 2.82. The first-order chi connectivity index (χ1) is 5.52. The van der Waals surface area contributed by atoms with E-state index in [-0.39, 0.29) is 0 Å². The van der Waals surface area contributed by atoms with Crippen LogP contribution in [0.2, 0.25) is 0 Å². The van der Waals surface area contributed by atoms with Gasteiger partial charge in [0.2, 0.25) is 5.82 Å². The minimum Gasteiger partial charge on any atom is -0.379 e. The molecule has 0 saturated heterocycles. The minimum atomic E-state index is -0.812. The fourth-order valence-electron chi connectivity index (χ4n) is 0.695. The summed E-state index contributed by atoms with van der Waals surface area (Å²) < 4.78 is 0. The van der Waals surface area contributed by atoms with Crippen LogP contribution in [-0.4, -0.2) is 14.9 Å². The van der Waals surface area contributed by atoms with Crippen molar-refractivity contribution in [1.29, 1.82) is 0 Å². The first kappa shape index (κ1) is 7.98. The lowest BCUT2D eigenvalue weighted by atomic mass is 10.4. The molecule has 0 fully saturated rings. The van der Waals surface area contributed by atoms with Crippen molar-refractivity contribution in [2.45, 2.75) is 0 Å². The average Bonchev–Trinajstić information content (AvgIpc) is 1.82. The molecule has 0 bridgehead atoms. The van der Waals surface area contributed by atoms with Gasteiger partial charge in [-0.3, -0.25) is 15.1 Å². The van der Waals surface area contributed by atoms with Crippen LogP contribution in [0.15, 0.2) is 4.79 Å². The molecule has 1 heterocycles. The molecule has 8 nitrogen and oxygen atoms in total. The molecular weight excluding hydrogens is 166 g/mol. The molecule has 5 N–H and O–H groups in total. The smallest absolute Gasteiger partial charge is 0.351 e. The normalized spacial score (nSPS) is 9.67. The number of nitrogens with two attached hydrogens (primary N) is 2. The molecule has 0 atom stereocenters. The van der Waals surface area contributed by atoms with Gasteiger partial charge in [-0.25, -0.2) is 4.79 Å². The number of hydrogen-bond acceptors (Lipinski definition) is 6. The van der Waals surface area contributed by atoms with Gasteiger partial charge in [0.25, 0.3) is 0 Å². The zero-order valence-electron chi connectivity index (χ0n) is 5.77. The van der Waals surface area contributed by atoms with Crippen LogP contribution in [0.5, 0.6) is 0 Å². The van der Waals surface area contributed by atoms with Gasteiger partial charge < -0.3 is 11.5 Å². The Kier molecular flexibility index (Phi) is 1.66. The van der Waals surface area contributed by atoms with Crippen LogP contribution in [0.1, 0.15) is 0 Å². The van der Waals surface area contributed by atoms with E-state index in [2.05, 4.69) is 4.98 Å². The van der Waals surface area contributed by atoms with E-state index in [9.17, 15) is 14.9 Å². The minimum absolute atomic E-state index is 0.391. The maximum Gasteiger partial charge on any atom is 0.351 e. The van der Waals surface area contributed by atoms with Crippen LogP contribution in [0.4, 0.5) is 17.3 Å². The Hall–Kier alpha value is -2.12. The van der Waals surface area contributed by atoms with Crippen LogP contribution in [-0.2, 0) is 0 Å². The summed E-state index contributed by atoms with van der Waals surface area (Å²) in [5.74, 6) is -0.876. The third-order valence-electron chi connectivity index (χ3n) is 1.14. The van der Waals surface area contributed by atoms with E-state index in [1.165, 1.54) is 0 Å². The second kappa shape index (κ2) is 2.49. The van der Waals surface area contributed by atoms with E-state index in [1.54, 1.807) is 0 Å². The van der Waals surface area contributed by atoms with Gasteiger partial charge >= 0.3 is 11.4 Å². The quantitative estimate of drug-likeness (QED) is 0.359. The molecule has 12 heavy (non-hydrogen) atoms.